The number of hydrogen-bond donors (Lipinski definition) is 2. The van der Waals surface area contributed by atoms with E-state index in [-0.39, 0.29) is 0 Å². The molecule has 3 rings (SSSR count). The average Bonchev–Trinajstić information content (AvgIpc) is 2.44. The second kappa shape index (κ2) is 5.08. The molecule has 0 spiro atoms. The molecule has 3 N–H and O–H groups in total. The van der Waals surface area contributed by atoms with Gasteiger partial charge >= 0.3 is 0 Å². The van der Waals surface area contributed by atoms with Crippen LogP contribution < -0.4 is 11.1 Å². The molecule has 1 aromatic rings. The first-order valence-corrected chi connectivity index (χ1v) is 7.14. The maximum atomic E-state index is 6.08. The molecule has 0 aromatic heterocycles. The molecule has 0 aliphatic carbocycles. The largest absolute Gasteiger partial charge is 0.397 e. The average molecular weight is 266 g/mol. The first-order chi connectivity index (χ1) is 8.75. The summed E-state index contributed by atoms with van der Waals surface area (Å²) in [6.45, 7) is 4.44. The zero-order valence-electron chi connectivity index (χ0n) is 10.6. The quantitative estimate of drug-likeness (QED) is 0.764. The Morgan fingerprint density at radius 1 is 1.28 bits per heavy atom. The predicted octanol–water partition coefficient (Wildman–Crippen LogP) is 2.03. The van der Waals surface area contributed by atoms with Gasteiger partial charge in [-0.25, -0.2) is 0 Å². The Kier molecular flexibility index (Phi) is 3.46. The van der Waals surface area contributed by atoms with Crippen LogP contribution in [0.3, 0.4) is 0 Å². The van der Waals surface area contributed by atoms with Crippen LogP contribution in [-0.2, 0) is 13.0 Å². The van der Waals surface area contributed by atoms with Gasteiger partial charge in [0.25, 0.3) is 0 Å². The number of fused-ring (bicyclic) bond motifs is 1. The topological polar surface area (TPSA) is 41.3 Å². The van der Waals surface area contributed by atoms with Crippen LogP contribution >= 0.6 is 11.6 Å². The van der Waals surface area contributed by atoms with E-state index in [2.05, 4.69) is 16.3 Å². The van der Waals surface area contributed by atoms with Crippen LogP contribution in [0.15, 0.2) is 12.1 Å². The molecule has 1 fully saturated rings. The van der Waals surface area contributed by atoms with Gasteiger partial charge in [-0.3, -0.25) is 4.90 Å². The molecule has 18 heavy (non-hydrogen) atoms. The van der Waals surface area contributed by atoms with Crippen molar-refractivity contribution in [3.8, 4) is 0 Å². The lowest BCUT2D eigenvalue weighted by atomic mass is 9.94. The van der Waals surface area contributed by atoms with E-state index in [0.717, 1.165) is 44.3 Å². The first-order valence-electron chi connectivity index (χ1n) is 6.76. The highest BCUT2D eigenvalue weighted by atomic mass is 35.5. The molecule has 1 saturated heterocycles. The van der Waals surface area contributed by atoms with Crippen LogP contribution in [0.2, 0.25) is 5.02 Å². The number of anilines is 1. The molecule has 2 aliphatic heterocycles. The van der Waals surface area contributed by atoms with E-state index in [9.17, 15) is 0 Å². The number of piperidine rings is 1. The molecule has 0 bridgehead atoms. The van der Waals surface area contributed by atoms with Crippen LogP contribution in [0, 0.1) is 0 Å². The lowest BCUT2D eigenvalue weighted by Gasteiger charge is -2.38. The van der Waals surface area contributed by atoms with Crippen molar-refractivity contribution in [2.45, 2.75) is 31.8 Å². The molecule has 2 heterocycles. The van der Waals surface area contributed by atoms with Crippen LogP contribution in [0.4, 0.5) is 5.69 Å². The molecule has 2 aliphatic rings. The zero-order valence-corrected chi connectivity index (χ0v) is 11.3. The number of rotatable bonds is 1. The second-order valence-corrected chi connectivity index (χ2v) is 5.71. The van der Waals surface area contributed by atoms with Gasteiger partial charge in [-0.1, -0.05) is 17.7 Å². The summed E-state index contributed by atoms with van der Waals surface area (Å²) in [7, 11) is 0. The number of nitrogen functional groups attached to an aromatic ring is 1. The maximum absolute atomic E-state index is 6.08. The van der Waals surface area contributed by atoms with Gasteiger partial charge in [0.2, 0.25) is 0 Å². The first kappa shape index (κ1) is 12.3. The number of nitrogens with zero attached hydrogens (tertiary/aromatic N) is 1. The monoisotopic (exact) mass is 265 g/mol. The summed E-state index contributed by atoms with van der Waals surface area (Å²) in [6, 6.07) is 4.81. The van der Waals surface area contributed by atoms with Gasteiger partial charge in [-0.2, -0.15) is 0 Å². The smallest absolute Gasteiger partial charge is 0.0638 e. The summed E-state index contributed by atoms with van der Waals surface area (Å²) in [5.41, 5.74) is 9.49. The third kappa shape index (κ3) is 2.22. The Hall–Kier alpha value is -0.770. The van der Waals surface area contributed by atoms with E-state index in [4.69, 9.17) is 17.3 Å². The molecule has 0 unspecified atom stereocenters. The van der Waals surface area contributed by atoms with Gasteiger partial charge in [0, 0.05) is 19.1 Å². The number of benzene rings is 1. The normalized spacial score (nSPS) is 21.8. The minimum Gasteiger partial charge on any atom is -0.397 e. The SMILES string of the molecule is Nc1c(Cl)ccc2c1CCN(C1CCNCC1)C2. The van der Waals surface area contributed by atoms with Gasteiger partial charge in [0.05, 0.1) is 10.7 Å². The summed E-state index contributed by atoms with van der Waals surface area (Å²) in [5.74, 6) is 0. The van der Waals surface area contributed by atoms with Crippen molar-refractivity contribution in [2.24, 2.45) is 0 Å². The van der Waals surface area contributed by atoms with Crippen molar-refractivity contribution >= 4 is 17.3 Å². The van der Waals surface area contributed by atoms with Crippen molar-refractivity contribution in [3.63, 3.8) is 0 Å². The second-order valence-electron chi connectivity index (χ2n) is 5.30. The van der Waals surface area contributed by atoms with E-state index in [1.165, 1.54) is 24.0 Å². The summed E-state index contributed by atoms with van der Waals surface area (Å²) in [4.78, 5) is 2.61. The highest BCUT2D eigenvalue weighted by Gasteiger charge is 2.25. The van der Waals surface area contributed by atoms with Crippen LogP contribution in [0.1, 0.15) is 24.0 Å². The maximum Gasteiger partial charge on any atom is 0.0638 e. The number of nitrogens with two attached hydrogens (primary N) is 1. The fourth-order valence-electron chi connectivity index (χ4n) is 3.16. The highest BCUT2D eigenvalue weighted by Crippen LogP contribution is 2.31. The molecule has 4 heteroatoms. The molecule has 0 saturated carbocycles. The Bertz CT molecular complexity index is 441. The summed E-state index contributed by atoms with van der Waals surface area (Å²) in [6.07, 6.45) is 3.56. The molecule has 3 nitrogen and oxygen atoms in total. The Morgan fingerprint density at radius 3 is 2.83 bits per heavy atom. The third-order valence-electron chi connectivity index (χ3n) is 4.25. The molecular formula is C14H20ClN3. The van der Waals surface area contributed by atoms with E-state index in [1.807, 2.05) is 6.07 Å². The predicted molar refractivity (Wildman–Crippen MR) is 75.9 cm³/mol. The van der Waals surface area contributed by atoms with Crippen molar-refractivity contribution in [2.75, 3.05) is 25.4 Å². The minimum atomic E-state index is 0.698. The van der Waals surface area contributed by atoms with Crippen molar-refractivity contribution in [1.82, 2.24) is 10.2 Å². The zero-order chi connectivity index (χ0) is 12.5. The van der Waals surface area contributed by atoms with Gasteiger partial charge in [0.1, 0.15) is 0 Å². The molecule has 1 aromatic carbocycles. The van der Waals surface area contributed by atoms with Crippen LogP contribution in [0.25, 0.3) is 0 Å². The summed E-state index contributed by atoms with van der Waals surface area (Å²) >= 11 is 6.08. The number of nitrogens with one attached hydrogen (secondary N) is 1. The summed E-state index contributed by atoms with van der Waals surface area (Å²) < 4.78 is 0. The van der Waals surface area contributed by atoms with E-state index < -0.39 is 0 Å². The van der Waals surface area contributed by atoms with Gasteiger partial charge in [-0.15, -0.1) is 0 Å². The molecular weight excluding hydrogens is 246 g/mol. The van der Waals surface area contributed by atoms with Gasteiger partial charge < -0.3 is 11.1 Å². The van der Waals surface area contributed by atoms with Gasteiger partial charge in [0.15, 0.2) is 0 Å². The number of hydrogen-bond acceptors (Lipinski definition) is 3. The third-order valence-corrected chi connectivity index (χ3v) is 4.58. The minimum absolute atomic E-state index is 0.698. The fraction of sp³-hybridized carbons (Fsp3) is 0.571. The van der Waals surface area contributed by atoms with E-state index >= 15 is 0 Å². The lowest BCUT2D eigenvalue weighted by molar-refractivity contribution is 0.147. The van der Waals surface area contributed by atoms with Crippen molar-refractivity contribution in [1.29, 1.82) is 0 Å². The van der Waals surface area contributed by atoms with Crippen LogP contribution in [-0.4, -0.2) is 30.6 Å². The Labute approximate surface area is 113 Å². The van der Waals surface area contributed by atoms with Gasteiger partial charge in [-0.05, 0) is 49.5 Å². The van der Waals surface area contributed by atoms with Crippen molar-refractivity contribution in [3.05, 3.63) is 28.3 Å². The molecule has 0 atom stereocenters. The molecule has 0 amide bonds. The van der Waals surface area contributed by atoms with E-state index in [1.54, 1.807) is 0 Å². The van der Waals surface area contributed by atoms with E-state index in [0.29, 0.717) is 5.02 Å². The Balaban J connectivity index is 1.78. The highest BCUT2D eigenvalue weighted by molar-refractivity contribution is 6.33. The van der Waals surface area contributed by atoms with Crippen molar-refractivity contribution < 1.29 is 0 Å². The Morgan fingerprint density at radius 2 is 2.06 bits per heavy atom. The fourth-order valence-corrected chi connectivity index (χ4v) is 3.34. The number of halogens is 1. The molecule has 98 valence electrons. The standard InChI is InChI=1S/C14H20ClN3/c15-13-2-1-10-9-18(8-5-12(10)14(13)16)11-3-6-17-7-4-11/h1-2,11,17H,3-9,16H2. The molecule has 0 radical (unpaired) electrons. The lowest BCUT2D eigenvalue weighted by Crippen LogP contribution is -2.45. The summed E-state index contributed by atoms with van der Waals surface area (Å²) in [5, 5.41) is 4.12. The van der Waals surface area contributed by atoms with Crippen LogP contribution in [0.5, 0.6) is 0 Å².